The van der Waals surface area contributed by atoms with E-state index in [1.165, 1.54) is 12.8 Å². The summed E-state index contributed by atoms with van der Waals surface area (Å²) in [5, 5.41) is 3.14. The SMILES string of the molecule is CN(C)c1ccc(C(=O)NC2CCC(C)(C)CC2)cc1N. The third kappa shape index (κ3) is 3.90. The van der Waals surface area contributed by atoms with Gasteiger partial charge in [-0.25, -0.2) is 0 Å². The standard InChI is InChI=1S/C17H27N3O/c1-17(2)9-7-13(8-10-17)19-16(21)12-5-6-15(20(3)4)14(18)11-12/h5-6,11,13H,7-10,18H2,1-4H3,(H,19,21). The van der Waals surface area contributed by atoms with Crippen LogP contribution in [-0.4, -0.2) is 26.0 Å². The van der Waals surface area contributed by atoms with Crippen LogP contribution in [0.15, 0.2) is 18.2 Å². The molecule has 4 heteroatoms. The maximum absolute atomic E-state index is 12.3. The van der Waals surface area contributed by atoms with Gasteiger partial charge in [0, 0.05) is 25.7 Å². The summed E-state index contributed by atoms with van der Waals surface area (Å²) >= 11 is 0. The monoisotopic (exact) mass is 289 g/mol. The molecule has 21 heavy (non-hydrogen) atoms. The first-order chi connectivity index (χ1) is 9.78. The van der Waals surface area contributed by atoms with Crippen LogP contribution in [0, 0.1) is 5.41 Å². The second-order valence-corrected chi connectivity index (χ2v) is 7.08. The van der Waals surface area contributed by atoms with Crippen molar-refractivity contribution < 1.29 is 4.79 Å². The van der Waals surface area contributed by atoms with Gasteiger partial charge in [-0.1, -0.05) is 13.8 Å². The first-order valence-electron chi connectivity index (χ1n) is 7.66. The van der Waals surface area contributed by atoms with E-state index >= 15 is 0 Å². The highest BCUT2D eigenvalue weighted by molar-refractivity contribution is 5.96. The highest BCUT2D eigenvalue weighted by Crippen LogP contribution is 2.35. The molecule has 1 saturated carbocycles. The highest BCUT2D eigenvalue weighted by Gasteiger charge is 2.27. The Labute approximate surface area is 127 Å². The van der Waals surface area contributed by atoms with Crippen molar-refractivity contribution in [2.45, 2.75) is 45.6 Å². The van der Waals surface area contributed by atoms with Gasteiger partial charge in [0.2, 0.25) is 0 Å². The number of hydrogen-bond donors (Lipinski definition) is 2. The molecule has 1 aliphatic rings. The molecule has 1 amide bonds. The number of anilines is 2. The number of carbonyl (C=O) groups excluding carboxylic acids is 1. The number of nitrogens with two attached hydrogens (primary N) is 1. The first-order valence-corrected chi connectivity index (χ1v) is 7.66. The van der Waals surface area contributed by atoms with E-state index in [2.05, 4.69) is 19.2 Å². The number of hydrogen-bond acceptors (Lipinski definition) is 3. The molecule has 1 aromatic carbocycles. The van der Waals surface area contributed by atoms with Gasteiger partial charge in [0.1, 0.15) is 0 Å². The molecule has 3 N–H and O–H groups in total. The molecule has 0 atom stereocenters. The molecule has 0 heterocycles. The quantitative estimate of drug-likeness (QED) is 0.841. The van der Waals surface area contributed by atoms with Gasteiger partial charge < -0.3 is 16.0 Å². The Hall–Kier alpha value is -1.71. The summed E-state index contributed by atoms with van der Waals surface area (Å²) in [7, 11) is 3.88. The van der Waals surface area contributed by atoms with Crippen LogP contribution in [0.1, 0.15) is 49.9 Å². The molecule has 1 aliphatic carbocycles. The van der Waals surface area contributed by atoms with Crippen molar-refractivity contribution in [2.75, 3.05) is 24.7 Å². The van der Waals surface area contributed by atoms with Crippen LogP contribution in [0.3, 0.4) is 0 Å². The Morgan fingerprint density at radius 3 is 2.43 bits per heavy atom. The average molecular weight is 289 g/mol. The van der Waals surface area contributed by atoms with E-state index in [0.717, 1.165) is 18.5 Å². The van der Waals surface area contributed by atoms with Crippen LogP contribution < -0.4 is 16.0 Å². The van der Waals surface area contributed by atoms with Crippen molar-refractivity contribution in [3.63, 3.8) is 0 Å². The zero-order valence-corrected chi connectivity index (χ0v) is 13.6. The fourth-order valence-corrected chi connectivity index (χ4v) is 2.92. The molecule has 4 nitrogen and oxygen atoms in total. The summed E-state index contributed by atoms with van der Waals surface area (Å²) in [6.07, 6.45) is 4.45. The lowest BCUT2D eigenvalue weighted by Gasteiger charge is -2.34. The predicted molar refractivity (Wildman–Crippen MR) is 88.7 cm³/mol. The van der Waals surface area contributed by atoms with Crippen LogP contribution in [0.2, 0.25) is 0 Å². The fourth-order valence-electron chi connectivity index (χ4n) is 2.92. The Morgan fingerprint density at radius 1 is 1.29 bits per heavy atom. The minimum Gasteiger partial charge on any atom is -0.397 e. The van der Waals surface area contributed by atoms with Crippen molar-refractivity contribution >= 4 is 17.3 Å². The van der Waals surface area contributed by atoms with E-state index in [4.69, 9.17) is 5.73 Å². The molecule has 2 rings (SSSR count). The van der Waals surface area contributed by atoms with Gasteiger partial charge >= 0.3 is 0 Å². The van der Waals surface area contributed by atoms with E-state index in [0.29, 0.717) is 22.7 Å². The number of nitrogens with one attached hydrogen (secondary N) is 1. The fraction of sp³-hybridized carbons (Fsp3) is 0.588. The molecule has 0 saturated heterocycles. The molecule has 0 spiro atoms. The van der Waals surface area contributed by atoms with Crippen molar-refractivity contribution in [1.82, 2.24) is 5.32 Å². The lowest BCUT2D eigenvalue weighted by molar-refractivity contribution is 0.0909. The zero-order chi connectivity index (χ0) is 15.6. The lowest BCUT2D eigenvalue weighted by Crippen LogP contribution is -2.39. The molecule has 0 unspecified atom stereocenters. The molecular formula is C17H27N3O. The Kier molecular flexibility index (Phi) is 4.45. The Bertz CT molecular complexity index is 513. The lowest BCUT2D eigenvalue weighted by atomic mass is 9.75. The summed E-state index contributed by atoms with van der Waals surface area (Å²) in [6, 6.07) is 5.79. The van der Waals surface area contributed by atoms with Crippen molar-refractivity contribution in [3.8, 4) is 0 Å². The second kappa shape index (κ2) is 5.96. The summed E-state index contributed by atoms with van der Waals surface area (Å²) in [4.78, 5) is 14.3. The van der Waals surface area contributed by atoms with E-state index in [1.54, 1.807) is 6.07 Å². The van der Waals surface area contributed by atoms with Crippen LogP contribution in [0.25, 0.3) is 0 Å². The number of nitrogen functional groups attached to an aromatic ring is 1. The number of rotatable bonds is 3. The summed E-state index contributed by atoms with van der Waals surface area (Å²) < 4.78 is 0. The first kappa shape index (κ1) is 15.7. The maximum Gasteiger partial charge on any atom is 0.251 e. The normalized spacial score (nSPS) is 18.3. The van der Waals surface area contributed by atoms with E-state index in [1.807, 2.05) is 31.1 Å². The number of benzene rings is 1. The number of carbonyl (C=O) groups is 1. The topological polar surface area (TPSA) is 58.4 Å². The van der Waals surface area contributed by atoms with Gasteiger partial charge in [0.25, 0.3) is 5.91 Å². The highest BCUT2D eigenvalue weighted by atomic mass is 16.1. The van der Waals surface area contributed by atoms with Gasteiger partial charge in [-0.3, -0.25) is 4.79 Å². The Morgan fingerprint density at radius 2 is 1.90 bits per heavy atom. The molecular weight excluding hydrogens is 262 g/mol. The van der Waals surface area contributed by atoms with Gasteiger partial charge in [0.05, 0.1) is 11.4 Å². The zero-order valence-electron chi connectivity index (χ0n) is 13.6. The van der Waals surface area contributed by atoms with Crippen LogP contribution in [0.5, 0.6) is 0 Å². The van der Waals surface area contributed by atoms with Gasteiger partial charge in [-0.05, 0) is 49.3 Å². The van der Waals surface area contributed by atoms with E-state index in [-0.39, 0.29) is 5.91 Å². The molecule has 0 aromatic heterocycles. The third-order valence-corrected chi connectivity index (χ3v) is 4.45. The molecule has 1 fully saturated rings. The van der Waals surface area contributed by atoms with Crippen molar-refractivity contribution in [2.24, 2.45) is 5.41 Å². The third-order valence-electron chi connectivity index (χ3n) is 4.45. The van der Waals surface area contributed by atoms with Gasteiger partial charge in [0.15, 0.2) is 0 Å². The molecule has 0 radical (unpaired) electrons. The Balaban J connectivity index is 1.99. The van der Waals surface area contributed by atoms with Crippen LogP contribution >= 0.6 is 0 Å². The summed E-state index contributed by atoms with van der Waals surface area (Å²) in [5.74, 6) is -0.0169. The van der Waals surface area contributed by atoms with Crippen LogP contribution in [0.4, 0.5) is 11.4 Å². The van der Waals surface area contributed by atoms with E-state index in [9.17, 15) is 4.79 Å². The second-order valence-electron chi connectivity index (χ2n) is 7.08. The summed E-state index contributed by atoms with van der Waals surface area (Å²) in [6.45, 7) is 4.59. The maximum atomic E-state index is 12.3. The largest absolute Gasteiger partial charge is 0.397 e. The number of nitrogens with zero attached hydrogens (tertiary/aromatic N) is 1. The van der Waals surface area contributed by atoms with Crippen molar-refractivity contribution in [1.29, 1.82) is 0 Å². The molecule has 116 valence electrons. The van der Waals surface area contributed by atoms with Gasteiger partial charge in [-0.2, -0.15) is 0 Å². The minimum absolute atomic E-state index is 0.0169. The average Bonchev–Trinajstić information content (AvgIpc) is 2.40. The predicted octanol–water partition coefficient (Wildman–Crippen LogP) is 3.03. The van der Waals surface area contributed by atoms with Gasteiger partial charge in [-0.15, -0.1) is 0 Å². The molecule has 1 aromatic rings. The van der Waals surface area contributed by atoms with Crippen LogP contribution in [-0.2, 0) is 0 Å². The minimum atomic E-state index is -0.0169. The number of amides is 1. The van der Waals surface area contributed by atoms with Crippen molar-refractivity contribution in [3.05, 3.63) is 23.8 Å². The van der Waals surface area contributed by atoms with E-state index < -0.39 is 0 Å². The smallest absolute Gasteiger partial charge is 0.251 e. The molecule has 0 aliphatic heterocycles. The molecule has 0 bridgehead atoms. The summed E-state index contributed by atoms with van der Waals surface area (Å²) in [5.41, 5.74) is 8.64.